The van der Waals surface area contributed by atoms with Gasteiger partial charge in [-0.1, -0.05) is 57.4 Å². The number of nitrogens with two attached hydrogens (primary N) is 1. The highest BCUT2D eigenvalue weighted by Gasteiger charge is 2.44. The molecule has 0 spiro atoms. The predicted molar refractivity (Wildman–Crippen MR) is 215 cm³/mol. The van der Waals surface area contributed by atoms with Crippen LogP contribution >= 0.6 is 11.3 Å². The second kappa shape index (κ2) is 21.7. The lowest BCUT2D eigenvalue weighted by atomic mass is 9.85. The first-order valence-corrected chi connectivity index (χ1v) is 20.1. The molecule has 1 saturated heterocycles. The van der Waals surface area contributed by atoms with Crippen LogP contribution in [0.5, 0.6) is 0 Å². The molecule has 0 bridgehead atoms. The van der Waals surface area contributed by atoms with Crippen LogP contribution in [0.15, 0.2) is 29.8 Å². The van der Waals surface area contributed by atoms with E-state index in [1.165, 1.54) is 4.90 Å². The van der Waals surface area contributed by atoms with E-state index in [0.29, 0.717) is 19.3 Å². The summed E-state index contributed by atoms with van der Waals surface area (Å²) in [6.45, 7) is 13.4. The second-order valence-corrected chi connectivity index (χ2v) is 17.1. The Morgan fingerprint density at radius 3 is 2.36 bits per heavy atom. The lowest BCUT2D eigenvalue weighted by Crippen LogP contribution is -2.57. The largest absolute Gasteiger partial charge is 0.444 e. The van der Waals surface area contributed by atoms with Gasteiger partial charge in [0.15, 0.2) is 0 Å². The Kier molecular flexibility index (Phi) is 17.8. The van der Waals surface area contributed by atoms with Crippen molar-refractivity contribution in [2.75, 3.05) is 19.8 Å². The lowest BCUT2D eigenvalue weighted by Gasteiger charge is -2.35. The minimum Gasteiger partial charge on any atom is -0.444 e. The molecule has 2 heterocycles. The second-order valence-electron chi connectivity index (χ2n) is 16.2. The summed E-state index contributed by atoms with van der Waals surface area (Å²) in [6.07, 6.45) is 2.01. The number of aromatic nitrogens is 1. The van der Waals surface area contributed by atoms with Crippen LogP contribution < -0.4 is 21.7 Å². The summed E-state index contributed by atoms with van der Waals surface area (Å²) in [5, 5.41) is 19.0. The predicted octanol–water partition coefficient (Wildman–Crippen LogP) is 4.36. The fraction of sp³-hybridized carbons (Fsp3) is 0.610. The number of carbonyl (C=O) groups excluding carboxylic acids is 5. The van der Waals surface area contributed by atoms with Gasteiger partial charge < -0.3 is 41.2 Å². The SMILES string of the molecule is Cc1ncsc1-c1ccc(CNC(=O)C2CC(O)CN2C(=O)C(NC(=O)CCCCCC#CCOCC(CCC(N)=O)NC(=O)OC(C)(C)C)C(C)(C)C)cc1. The number of unbranched alkanes of at least 4 members (excludes halogenated alkanes) is 3. The van der Waals surface area contributed by atoms with Gasteiger partial charge >= 0.3 is 6.09 Å². The van der Waals surface area contributed by atoms with Crippen molar-refractivity contribution in [3.8, 4) is 22.3 Å². The molecule has 14 nitrogen and oxygen atoms in total. The van der Waals surface area contributed by atoms with E-state index in [9.17, 15) is 29.1 Å². The Balaban J connectivity index is 1.42. The molecule has 5 amide bonds. The molecule has 1 aliphatic rings. The number of aliphatic hydroxyl groups is 1. The average Bonchev–Trinajstić information content (AvgIpc) is 3.72. The molecule has 56 heavy (non-hydrogen) atoms. The molecule has 0 aliphatic carbocycles. The average molecular weight is 797 g/mol. The summed E-state index contributed by atoms with van der Waals surface area (Å²) in [5.74, 6) is 4.49. The van der Waals surface area contributed by atoms with E-state index in [0.717, 1.165) is 34.5 Å². The van der Waals surface area contributed by atoms with Gasteiger partial charge in [0, 0.05) is 38.8 Å². The Bertz CT molecular complexity index is 1690. The number of nitrogens with one attached hydrogen (secondary N) is 3. The number of aliphatic hydroxyl groups excluding tert-OH is 1. The van der Waals surface area contributed by atoms with E-state index < -0.39 is 53.2 Å². The van der Waals surface area contributed by atoms with Crippen LogP contribution in [-0.4, -0.2) is 94.3 Å². The van der Waals surface area contributed by atoms with E-state index in [-0.39, 0.29) is 57.4 Å². The molecule has 6 N–H and O–H groups in total. The van der Waals surface area contributed by atoms with Crippen molar-refractivity contribution >= 4 is 41.1 Å². The summed E-state index contributed by atoms with van der Waals surface area (Å²) in [7, 11) is 0. The first kappa shape index (κ1) is 45.9. The molecular formula is C41H60N6O8S. The number of carbonyl (C=O) groups is 5. The van der Waals surface area contributed by atoms with Crippen LogP contribution in [0.3, 0.4) is 0 Å². The number of hydrogen-bond acceptors (Lipinski definition) is 10. The maximum atomic E-state index is 13.9. The van der Waals surface area contributed by atoms with Crippen molar-refractivity contribution in [3.05, 3.63) is 41.0 Å². The summed E-state index contributed by atoms with van der Waals surface area (Å²) in [4.78, 5) is 70.5. The fourth-order valence-corrected chi connectivity index (χ4v) is 6.88. The lowest BCUT2D eigenvalue weighted by molar-refractivity contribution is -0.144. The molecule has 1 fully saturated rings. The van der Waals surface area contributed by atoms with Gasteiger partial charge in [-0.2, -0.15) is 0 Å². The Hall–Kier alpha value is -4.52. The Labute approximate surface area is 335 Å². The standard InChI is InChI=1S/C41H60N6O8S/c1-27-35(56-26-44-27)29-17-15-28(16-18-29)23-43-37(51)32-22-31(48)24-47(32)38(52)36(40(2,3)4)46-34(50)14-12-10-8-9-11-13-21-54-25-30(19-20-33(42)49)45-39(53)55-41(5,6)7/h15-18,26,30-32,36,48H,8-10,12,14,19-25H2,1-7H3,(H2,42,49)(H,43,51)(H,45,53)(H,46,50). The number of rotatable bonds is 18. The van der Waals surface area contributed by atoms with E-state index in [1.807, 2.05) is 57.5 Å². The summed E-state index contributed by atoms with van der Waals surface area (Å²) in [5.41, 5.74) is 8.67. The van der Waals surface area contributed by atoms with Crippen LogP contribution in [-0.2, 0) is 35.2 Å². The minimum atomic E-state index is -0.890. The van der Waals surface area contributed by atoms with Crippen molar-refractivity contribution in [3.63, 3.8) is 0 Å². The molecule has 1 aromatic carbocycles. The van der Waals surface area contributed by atoms with Gasteiger partial charge in [-0.15, -0.1) is 17.3 Å². The summed E-state index contributed by atoms with van der Waals surface area (Å²) in [6, 6.07) is 5.66. The molecule has 1 aromatic heterocycles. The number of amides is 5. The first-order valence-electron chi connectivity index (χ1n) is 19.2. The zero-order valence-electron chi connectivity index (χ0n) is 33.9. The Morgan fingerprint density at radius 1 is 1.02 bits per heavy atom. The van der Waals surface area contributed by atoms with Gasteiger partial charge in [0.1, 0.15) is 24.3 Å². The number of likely N-dealkylation sites (tertiary alicyclic amines) is 1. The van der Waals surface area contributed by atoms with Crippen molar-refractivity contribution < 1.29 is 38.6 Å². The molecule has 15 heteroatoms. The van der Waals surface area contributed by atoms with Crippen molar-refractivity contribution in [2.24, 2.45) is 11.1 Å². The summed E-state index contributed by atoms with van der Waals surface area (Å²) >= 11 is 1.57. The van der Waals surface area contributed by atoms with Gasteiger partial charge in [-0.25, -0.2) is 9.78 Å². The van der Waals surface area contributed by atoms with E-state index in [4.69, 9.17) is 15.2 Å². The molecule has 3 rings (SSSR count). The summed E-state index contributed by atoms with van der Waals surface area (Å²) < 4.78 is 10.9. The van der Waals surface area contributed by atoms with Crippen molar-refractivity contribution in [1.29, 1.82) is 0 Å². The molecular weight excluding hydrogens is 737 g/mol. The number of primary amides is 1. The smallest absolute Gasteiger partial charge is 0.407 e. The van der Waals surface area contributed by atoms with Crippen molar-refractivity contribution in [1.82, 2.24) is 25.8 Å². The van der Waals surface area contributed by atoms with Crippen molar-refractivity contribution in [2.45, 2.75) is 136 Å². The molecule has 308 valence electrons. The molecule has 4 atom stereocenters. The minimum absolute atomic E-state index is 0.00713. The van der Waals surface area contributed by atoms with Gasteiger partial charge in [0.05, 0.1) is 34.8 Å². The third-order valence-corrected chi connectivity index (χ3v) is 9.97. The number of hydrogen-bond donors (Lipinski definition) is 5. The third kappa shape index (κ3) is 15.9. The molecule has 4 unspecified atom stereocenters. The van der Waals surface area contributed by atoms with Gasteiger partial charge in [-0.05, 0) is 63.5 Å². The number of nitrogens with zero attached hydrogens (tertiary/aromatic N) is 2. The van der Waals surface area contributed by atoms with E-state index in [2.05, 4.69) is 32.8 Å². The normalized spacial score (nSPS) is 16.6. The maximum Gasteiger partial charge on any atom is 0.407 e. The van der Waals surface area contributed by atoms with Gasteiger partial charge in [0.25, 0.3) is 0 Å². The molecule has 0 radical (unpaired) electrons. The number of alkyl carbamates (subject to hydrolysis) is 1. The fourth-order valence-electron chi connectivity index (χ4n) is 6.07. The highest BCUT2D eigenvalue weighted by molar-refractivity contribution is 7.13. The van der Waals surface area contributed by atoms with Crippen LogP contribution in [0, 0.1) is 24.2 Å². The first-order chi connectivity index (χ1) is 26.3. The zero-order valence-corrected chi connectivity index (χ0v) is 34.7. The van der Waals surface area contributed by atoms with Crippen LogP contribution in [0.2, 0.25) is 0 Å². The maximum absolute atomic E-state index is 13.9. The molecule has 0 saturated carbocycles. The van der Waals surface area contributed by atoms with Crippen LogP contribution in [0.1, 0.15) is 104 Å². The highest BCUT2D eigenvalue weighted by Crippen LogP contribution is 2.28. The number of ether oxygens (including phenoxy) is 2. The quantitative estimate of drug-likeness (QED) is 0.107. The number of benzene rings is 1. The monoisotopic (exact) mass is 796 g/mol. The third-order valence-electron chi connectivity index (χ3n) is 9.00. The van der Waals surface area contributed by atoms with Crippen LogP contribution in [0.4, 0.5) is 4.79 Å². The van der Waals surface area contributed by atoms with Crippen LogP contribution in [0.25, 0.3) is 10.4 Å². The highest BCUT2D eigenvalue weighted by atomic mass is 32.1. The Morgan fingerprint density at radius 2 is 1.73 bits per heavy atom. The van der Waals surface area contributed by atoms with Gasteiger partial charge in [0.2, 0.25) is 23.6 Å². The zero-order chi connectivity index (χ0) is 41.5. The van der Waals surface area contributed by atoms with E-state index in [1.54, 1.807) is 32.1 Å². The number of β-amino-alcohol motifs (C(OH)–C–C–N with tert-alkyl or cyclic N) is 1. The molecule has 1 aliphatic heterocycles. The number of aryl methyl sites for hydroxylation is 1. The van der Waals surface area contributed by atoms with Gasteiger partial charge in [-0.3, -0.25) is 19.2 Å². The van der Waals surface area contributed by atoms with E-state index >= 15 is 0 Å². The number of thiazole rings is 1. The molecule has 2 aromatic rings. The topological polar surface area (TPSA) is 202 Å².